The Hall–Kier alpha value is -1.31. The van der Waals surface area contributed by atoms with Crippen molar-refractivity contribution in [2.24, 2.45) is 5.92 Å². The third-order valence-electron chi connectivity index (χ3n) is 2.88. The van der Waals surface area contributed by atoms with E-state index in [0.29, 0.717) is 0 Å². The highest BCUT2D eigenvalue weighted by atomic mass is 16.2. The lowest BCUT2D eigenvalue weighted by Crippen LogP contribution is -2.27. The third-order valence-corrected chi connectivity index (χ3v) is 2.88. The molecule has 1 aliphatic carbocycles. The predicted molar refractivity (Wildman–Crippen MR) is 60.5 cm³/mol. The number of aryl methyl sites for hydroxylation is 1. The molecule has 0 aliphatic heterocycles. The minimum absolute atomic E-state index is 0.124. The molecule has 0 spiro atoms. The summed E-state index contributed by atoms with van der Waals surface area (Å²) in [6.45, 7) is 4.10. The topological polar surface area (TPSA) is 29.1 Å². The average Bonchev–Trinajstić information content (AvgIpc) is 3.01. The Balaban J connectivity index is 1.97. The highest BCUT2D eigenvalue weighted by molar-refractivity contribution is 5.81. The second-order valence-electron chi connectivity index (χ2n) is 4.42. The number of carbonyl (C=O) groups is 1. The summed E-state index contributed by atoms with van der Waals surface area (Å²) < 4.78 is 0. The predicted octanol–water partition coefficient (Wildman–Crippen LogP) is 2.58. The molecule has 0 aromatic heterocycles. The fourth-order valence-electron chi connectivity index (χ4n) is 1.62. The van der Waals surface area contributed by atoms with Crippen molar-refractivity contribution in [3.8, 4) is 0 Å². The average molecular weight is 203 g/mol. The van der Waals surface area contributed by atoms with Gasteiger partial charge in [0.15, 0.2) is 0 Å². The van der Waals surface area contributed by atoms with Gasteiger partial charge >= 0.3 is 0 Å². The summed E-state index contributed by atoms with van der Waals surface area (Å²) in [5, 5.41) is 3.04. The monoisotopic (exact) mass is 203 g/mol. The summed E-state index contributed by atoms with van der Waals surface area (Å²) in [4.78, 5) is 11.5. The van der Waals surface area contributed by atoms with Crippen LogP contribution >= 0.6 is 0 Å². The maximum Gasteiger partial charge on any atom is 0.223 e. The van der Waals surface area contributed by atoms with E-state index >= 15 is 0 Å². The first-order valence-electron chi connectivity index (χ1n) is 5.54. The molecular weight excluding hydrogens is 186 g/mol. The van der Waals surface area contributed by atoms with Crippen LogP contribution in [0.5, 0.6) is 0 Å². The van der Waals surface area contributed by atoms with Crippen molar-refractivity contribution in [3.63, 3.8) is 0 Å². The van der Waals surface area contributed by atoms with Crippen LogP contribution in [0.25, 0.3) is 0 Å². The van der Waals surface area contributed by atoms with Gasteiger partial charge in [0.1, 0.15) is 0 Å². The largest absolute Gasteiger partial charge is 0.349 e. The Morgan fingerprint density at radius 2 is 1.93 bits per heavy atom. The van der Waals surface area contributed by atoms with E-state index in [1.807, 2.05) is 6.92 Å². The molecule has 1 saturated carbocycles. The number of hydrogen-bond donors (Lipinski definition) is 1. The molecule has 1 aromatic carbocycles. The van der Waals surface area contributed by atoms with Crippen molar-refractivity contribution < 1.29 is 4.79 Å². The highest BCUT2D eigenvalue weighted by Crippen LogP contribution is 2.29. The van der Waals surface area contributed by atoms with E-state index in [0.717, 1.165) is 12.8 Å². The van der Waals surface area contributed by atoms with Crippen LogP contribution in [0.3, 0.4) is 0 Å². The van der Waals surface area contributed by atoms with Gasteiger partial charge < -0.3 is 5.32 Å². The SMILES string of the molecule is Cc1ccc(C(C)NC(=O)C2CC2)cc1. The number of amides is 1. The lowest BCUT2D eigenvalue weighted by molar-refractivity contribution is -0.122. The summed E-state index contributed by atoms with van der Waals surface area (Å²) in [7, 11) is 0. The van der Waals surface area contributed by atoms with E-state index in [1.54, 1.807) is 0 Å². The van der Waals surface area contributed by atoms with Gasteiger partial charge in [-0.05, 0) is 32.3 Å². The highest BCUT2D eigenvalue weighted by Gasteiger charge is 2.30. The van der Waals surface area contributed by atoms with E-state index < -0.39 is 0 Å². The number of hydrogen-bond acceptors (Lipinski definition) is 1. The maximum atomic E-state index is 11.5. The molecule has 2 rings (SSSR count). The Morgan fingerprint density at radius 3 is 2.47 bits per heavy atom. The molecule has 0 bridgehead atoms. The molecule has 1 N–H and O–H groups in total. The maximum absolute atomic E-state index is 11.5. The minimum atomic E-state index is 0.124. The lowest BCUT2D eigenvalue weighted by atomic mass is 10.1. The molecule has 1 unspecified atom stereocenters. The van der Waals surface area contributed by atoms with Gasteiger partial charge in [-0.15, -0.1) is 0 Å². The first-order chi connectivity index (χ1) is 7.16. The van der Waals surface area contributed by atoms with Crippen molar-refractivity contribution in [2.45, 2.75) is 32.7 Å². The quantitative estimate of drug-likeness (QED) is 0.803. The molecule has 0 radical (unpaired) electrons. The van der Waals surface area contributed by atoms with Gasteiger partial charge in [0.2, 0.25) is 5.91 Å². The molecule has 1 fully saturated rings. The summed E-state index contributed by atoms with van der Waals surface area (Å²) in [6, 6.07) is 8.43. The zero-order valence-electron chi connectivity index (χ0n) is 9.29. The molecule has 80 valence electrons. The smallest absolute Gasteiger partial charge is 0.223 e. The molecular formula is C13H17NO. The van der Waals surface area contributed by atoms with Crippen molar-refractivity contribution in [1.82, 2.24) is 5.32 Å². The van der Waals surface area contributed by atoms with E-state index in [-0.39, 0.29) is 17.9 Å². The molecule has 1 aromatic rings. The van der Waals surface area contributed by atoms with Gasteiger partial charge in [0.25, 0.3) is 0 Å². The van der Waals surface area contributed by atoms with Crippen molar-refractivity contribution >= 4 is 5.91 Å². The van der Waals surface area contributed by atoms with Gasteiger partial charge in [-0.25, -0.2) is 0 Å². The standard InChI is InChI=1S/C13H17NO/c1-9-3-5-11(6-4-9)10(2)14-13(15)12-7-8-12/h3-6,10,12H,7-8H2,1-2H3,(H,14,15). The summed E-state index contributed by atoms with van der Waals surface area (Å²) >= 11 is 0. The Labute approximate surface area is 90.7 Å². The molecule has 1 atom stereocenters. The molecule has 1 amide bonds. The van der Waals surface area contributed by atoms with Gasteiger partial charge in [-0.1, -0.05) is 29.8 Å². The first-order valence-corrected chi connectivity index (χ1v) is 5.54. The summed E-state index contributed by atoms with van der Waals surface area (Å²) in [5.74, 6) is 0.501. The molecule has 0 heterocycles. The summed E-state index contributed by atoms with van der Waals surface area (Å²) in [5.41, 5.74) is 2.43. The fraction of sp³-hybridized carbons (Fsp3) is 0.462. The van der Waals surface area contributed by atoms with Gasteiger partial charge in [-0.2, -0.15) is 0 Å². The number of carbonyl (C=O) groups excluding carboxylic acids is 1. The van der Waals surface area contributed by atoms with Crippen molar-refractivity contribution in [3.05, 3.63) is 35.4 Å². The molecule has 15 heavy (non-hydrogen) atoms. The van der Waals surface area contributed by atoms with Crippen LogP contribution in [-0.4, -0.2) is 5.91 Å². The van der Waals surface area contributed by atoms with E-state index in [4.69, 9.17) is 0 Å². The van der Waals surface area contributed by atoms with E-state index in [1.165, 1.54) is 11.1 Å². The molecule has 1 aliphatic rings. The minimum Gasteiger partial charge on any atom is -0.349 e. The van der Waals surface area contributed by atoms with Crippen LogP contribution in [0.4, 0.5) is 0 Å². The Bertz CT molecular complexity index is 351. The van der Waals surface area contributed by atoms with Gasteiger partial charge in [-0.3, -0.25) is 4.79 Å². The number of nitrogens with one attached hydrogen (secondary N) is 1. The van der Waals surface area contributed by atoms with Crippen LogP contribution in [0.15, 0.2) is 24.3 Å². The molecule has 0 saturated heterocycles. The summed E-state index contributed by atoms with van der Waals surface area (Å²) in [6.07, 6.45) is 2.12. The first kappa shape index (κ1) is 10.2. The second-order valence-corrected chi connectivity index (χ2v) is 4.42. The Morgan fingerprint density at radius 1 is 1.33 bits per heavy atom. The molecule has 2 heteroatoms. The number of benzene rings is 1. The van der Waals surface area contributed by atoms with Crippen molar-refractivity contribution in [2.75, 3.05) is 0 Å². The Kier molecular flexibility index (Phi) is 2.76. The van der Waals surface area contributed by atoms with Crippen LogP contribution < -0.4 is 5.32 Å². The van der Waals surface area contributed by atoms with Gasteiger partial charge in [0, 0.05) is 5.92 Å². The lowest BCUT2D eigenvalue weighted by Gasteiger charge is -2.14. The van der Waals surface area contributed by atoms with Gasteiger partial charge in [0.05, 0.1) is 6.04 Å². The third kappa shape index (κ3) is 2.58. The van der Waals surface area contributed by atoms with Crippen LogP contribution in [-0.2, 0) is 4.79 Å². The normalized spacial score (nSPS) is 17.2. The van der Waals surface area contributed by atoms with E-state index in [9.17, 15) is 4.79 Å². The van der Waals surface area contributed by atoms with Crippen LogP contribution in [0.1, 0.15) is 36.9 Å². The zero-order valence-corrected chi connectivity index (χ0v) is 9.29. The zero-order chi connectivity index (χ0) is 10.8. The molecule has 2 nitrogen and oxygen atoms in total. The van der Waals surface area contributed by atoms with Crippen molar-refractivity contribution in [1.29, 1.82) is 0 Å². The second kappa shape index (κ2) is 4.05. The van der Waals surface area contributed by atoms with Crippen LogP contribution in [0, 0.1) is 12.8 Å². The fourth-order valence-corrected chi connectivity index (χ4v) is 1.62. The number of rotatable bonds is 3. The van der Waals surface area contributed by atoms with E-state index in [2.05, 4.69) is 36.5 Å². The van der Waals surface area contributed by atoms with Crippen LogP contribution in [0.2, 0.25) is 0 Å².